The minimum atomic E-state index is -3.51. The van der Waals surface area contributed by atoms with E-state index in [1.165, 1.54) is 57.7 Å². The van der Waals surface area contributed by atoms with E-state index in [-0.39, 0.29) is 6.10 Å². The van der Waals surface area contributed by atoms with Crippen LogP contribution < -0.4 is 13.2 Å². The molecule has 4 aromatic carbocycles. The minimum absolute atomic E-state index is 0.0393. The standard InChI is InChI=1S/C31H32GeO/c1-20-16-22(3)29(23(4)17-20)32(30-24(5)18-21(2)19-25(30)6)28-15-11-10-14-27(28)31(33-32)26-12-8-7-9-13-26/h7-19,31H,1-6H3. The van der Waals surface area contributed by atoms with Crippen molar-refractivity contribution in [1.29, 1.82) is 0 Å². The molecule has 0 fully saturated rings. The average Bonchev–Trinajstić information content (AvgIpc) is 3.09. The van der Waals surface area contributed by atoms with Gasteiger partial charge in [0.2, 0.25) is 0 Å². The predicted octanol–water partition coefficient (Wildman–Crippen LogP) is 5.62. The van der Waals surface area contributed by atoms with Crippen molar-refractivity contribution in [2.75, 3.05) is 0 Å². The number of fused-ring (bicyclic) bond motifs is 1. The van der Waals surface area contributed by atoms with Crippen LogP contribution in [0.3, 0.4) is 0 Å². The third-order valence-electron chi connectivity index (χ3n) is 7.08. The van der Waals surface area contributed by atoms with Gasteiger partial charge in [-0.1, -0.05) is 0 Å². The Bertz CT molecular complexity index is 1250. The molecule has 1 nitrogen and oxygen atoms in total. The van der Waals surface area contributed by atoms with E-state index in [4.69, 9.17) is 3.76 Å². The van der Waals surface area contributed by atoms with Gasteiger partial charge in [0.1, 0.15) is 0 Å². The van der Waals surface area contributed by atoms with E-state index >= 15 is 0 Å². The molecule has 166 valence electrons. The molecule has 1 aliphatic heterocycles. The summed E-state index contributed by atoms with van der Waals surface area (Å²) in [5.41, 5.74) is 10.6. The van der Waals surface area contributed by atoms with Crippen molar-refractivity contribution in [2.45, 2.75) is 47.6 Å². The van der Waals surface area contributed by atoms with Crippen LogP contribution >= 0.6 is 0 Å². The molecule has 0 amide bonds. The van der Waals surface area contributed by atoms with Crippen LogP contribution in [0.2, 0.25) is 0 Å². The second-order valence-corrected chi connectivity index (χ2v) is 16.3. The Morgan fingerprint density at radius 2 is 1.03 bits per heavy atom. The van der Waals surface area contributed by atoms with Gasteiger partial charge in [0.15, 0.2) is 0 Å². The van der Waals surface area contributed by atoms with Gasteiger partial charge >= 0.3 is 202 Å². The molecular weight excluding hydrogens is 461 g/mol. The molecule has 0 bridgehead atoms. The normalized spacial score (nSPS) is 16.6. The number of aryl methyl sites for hydroxylation is 6. The van der Waals surface area contributed by atoms with Gasteiger partial charge in [-0.3, -0.25) is 0 Å². The first-order valence-corrected chi connectivity index (χ1v) is 15.8. The average molecular weight is 493 g/mol. The molecule has 1 atom stereocenters. The maximum atomic E-state index is 7.57. The topological polar surface area (TPSA) is 9.23 Å². The Balaban J connectivity index is 1.92. The van der Waals surface area contributed by atoms with Crippen LogP contribution in [0, 0.1) is 41.5 Å². The molecule has 1 aliphatic rings. The SMILES string of the molecule is Cc1cc(C)[c]([Ge]2([c]3c(C)cc(C)cc3C)[O]C(c3ccccc3)c3cccc[c]32)c(C)c1. The maximum absolute atomic E-state index is 7.57. The predicted molar refractivity (Wildman–Crippen MR) is 142 cm³/mol. The first-order valence-electron chi connectivity index (χ1n) is 11.8. The molecular formula is C31H32GeO. The quantitative estimate of drug-likeness (QED) is 0.337. The van der Waals surface area contributed by atoms with Crippen molar-refractivity contribution in [1.82, 2.24) is 0 Å². The molecule has 0 N–H and O–H groups in total. The van der Waals surface area contributed by atoms with Gasteiger partial charge in [-0.2, -0.15) is 0 Å². The molecule has 0 aliphatic carbocycles. The molecule has 0 saturated carbocycles. The zero-order valence-electron chi connectivity index (χ0n) is 20.5. The summed E-state index contributed by atoms with van der Waals surface area (Å²) in [6.07, 6.45) is -0.0393. The number of benzene rings is 4. The Kier molecular flexibility index (Phi) is 5.58. The van der Waals surface area contributed by atoms with Gasteiger partial charge in [-0.15, -0.1) is 0 Å². The van der Waals surface area contributed by atoms with E-state index in [2.05, 4.69) is 120 Å². The Labute approximate surface area is 201 Å². The third-order valence-corrected chi connectivity index (χ3v) is 17.1. The van der Waals surface area contributed by atoms with E-state index in [1.807, 2.05) is 0 Å². The van der Waals surface area contributed by atoms with Gasteiger partial charge < -0.3 is 0 Å². The Morgan fingerprint density at radius 1 is 0.576 bits per heavy atom. The van der Waals surface area contributed by atoms with Gasteiger partial charge in [0.05, 0.1) is 0 Å². The summed E-state index contributed by atoms with van der Waals surface area (Å²) in [4.78, 5) is 0. The summed E-state index contributed by atoms with van der Waals surface area (Å²) in [5.74, 6) is 0. The molecule has 0 spiro atoms. The fourth-order valence-electron chi connectivity index (χ4n) is 6.21. The number of rotatable bonds is 3. The second-order valence-electron chi connectivity index (χ2n) is 9.72. The first kappa shape index (κ1) is 22.2. The summed E-state index contributed by atoms with van der Waals surface area (Å²) in [5, 5.41) is 0. The molecule has 0 radical (unpaired) electrons. The van der Waals surface area contributed by atoms with Crippen LogP contribution in [0.25, 0.3) is 0 Å². The van der Waals surface area contributed by atoms with E-state index in [0.717, 1.165) is 0 Å². The van der Waals surface area contributed by atoms with Gasteiger partial charge in [0.25, 0.3) is 0 Å². The first-order chi connectivity index (χ1) is 15.8. The van der Waals surface area contributed by atoms with Crippen molar-refractivity contribution in [3.8, 4) is 0 Å². The number of hydrogen-bond donors (Lipinski definition) is 0. The van der Waals surface area contributed by atoms with Crippen LogP contribution in [-0.2, 0) is 3.76 Å². The monoisotopic (exact) mass is 494 g/mol. The van der Waals surface area contributed by atoms with Crippen molar-refractivity contribution in [3.63, 3.8) is 0 Å². The zero-order valence-corrected chi connectivity index (χ0v) is 22.6. The van der Waals surface area contributed by atoms with Crippen molar-refractivity contribution in [3.05, 3.63) is 123 Å². The van der Waals surface area contributed by atoms with E-state index in [1.54, 1.807) is 0 Å². The van der Waals surface area contributed by atoms with Crippen LogP contribution in [-0.4, -0.2) is 13.6 Å². The summed E-state index contributed by atoms with van der Waals surface area (Å²) in [7, 11) is 0. The summed E-state index contributed by atoms with van der Waals surface area (Å²) >= 11 is -3.51. The molecule has 1 heterocycles. The molecule has 5 rings (SSSR count). The molecule has 33 heavy (non-hydrogen) atoms. The van der Waals surface area contributed by atoms with Crippen molar-refractivity contribution >= 4 is 26.8 Å². The van der Waals surface area contributed by atoms with Crippen LogP contribution in [0.15, 0.2) is 78.9 Å². The molecule has 0 aromatic heterocycles. The number of hydrogen-bond acceptors (Lipinski definition) is 1. The van der Waals surface area contributed by atoms with Crippen LogP contribution in [0.1, 0.15) is 50.6 Å². The Hall–Kier alpha value is -2.62. The summed E-state index contributed by atoms with van der Waals surface area (Å²) < 4.78 is 11.9. The molecule has 4 aromatic rings. The van der Waals surface area contributed by atoms with Gasteiger partial charge in [-0.25, -0.2) is 0 Å². The summed E-state index contributed by atoms with van der Waals surface area (Å²) in [6, 6.07) is 29.1. The molecule has 0 saturated heterocycles. The zero-order chi connectivity index (χ0) is 23.3. The van der Waals surface area contributed by atoms with E-state index in [0.29, 0.717) is 0 Å². The van der Waals surface area contributed by atoms with Gasteiger partial charge in [0, 0.05) is 0 Å². The summed E-state index contributed by atoms with van der Waals surface area (Å²) in [6.45, 7) is 13.5. The molecule has 2 heteroatoms. The van der Waals surface area contributed by atoms with E-state index in [9.17, 15) is 0 Å². The van der Waals surface area contributed by atoms with Gasteiger partial charge in [-0.05, 0) is 0 Å². The van der Waals surface area contributed by atoms with E-state index < -0.39 is 13.6 Å². The van der Waals surface area contributed by atoms with Crippen molar-refractivity contribution in [2.24, 2.45) is 0 Å². The Morgan fingerprint density at radius 3 is 1.55 bits per heavy atom. The third kappa shape index (κ3) is 3.50. The fourth-order valence-corrected chi connectivity index (χ4v) is 17.2. The van der Waals surface area contributed by atoms with Crippen LogP contribution in [0.4, 0.5) is 0 Å². The molecule has 1 unspecified atom stereocenters. The second kappa shape index (κ2) is 8.31. The van der Waals surface area contributed by atoms with Crippen molar-refractivity contribution < 1.29 is 3.76 Å². The van der Waals surface area contributed by atoms with Crippen LogP contribution in [0.5, 0.6) is 0 Å². The fraction of sp³-hybridized carbons (Fsp3) is 0.226.